The van der Waals surface area contributed by atoms with Gasteiger partial charge >= 0.3 is 0 Å². The molecule has 4 heteroatoms. The molecule has 2 aliphatic carbocycles. The number of ether oxygens (including phenoxy) is 1. The molecular formula is C14H24N2O2. The van der Waals surface area contributed by atoms with Crippen molar-refractivity contribution in [2.75, 3.05) is 27.7 Å². The Kier molecular flexibility index (Phi) is 4.07. The molecule has 4 nitrogen and oxygen atoms in total. The molecule has 0 radical (unpaired) electrons. The van der Waals surface area contributed by atoms with Crippen LogP contribution >= 0.6 is 0 Å². The highest BCUT2D eigenvalue weighted by Crippen LogP contribution is 2.57. The van der Waals surface area contributed by atoms with E-state index in [1.165, 1.54) is 19.3 Å². The molecule has 0 bridgehead atoms. The number of rotatable bonds is 5. The molecule has 2 aliphatic rings. The Labute approximate surface area is 109 Å². The maximum absolute atomic E-state index is 11.8. The van der Waals surface area contributed by atoms with Crippen LogP contribution in [0.15, 0.2) is 12.2 Å². The quantitative estimate of drug-likeness (QED) is 0.747. The molecule has 1 amide bonds. The van der Waals surface area contributed by atoms with Crippen LogP contribution in [-0.2, 0) is 9.53 Å². The van der Waals surface area contributed by atoms with Gasteiger partial charge < -0.3 is 15.0 Å². The first-order chi connectivity index (χ1) is 8.58. The fourth-order valence-electron chi connectivity index (χ4n) is 3.13. The molecule has 0 heterocycles. The topological polar surface area (TPSA) is 41.6 Å². The van der Waals surface area contributed by atoms with Crippen LogP contribution in [0.2, 0.25) is 0 Å². The summed E-state index contributed by atoms with van der Waals surface area (Å²) in [6.45, 7) is 0.796. The lowest BCUT2D eigenvalue weighted by atomic mass is 9.51. The van der Waals surface area contributed by atoms with Gasteiger partial charge in [0.15, 0.2) is 0 Å². The zero-order valence-electron chi connectivity index (χ0n) is 11.6. The Morgan fingerprint density at radius 3 is 2.72 bits per heavy atom. The molecule has 0 aliphatic heterocycles. The number of amides is 1. The summed E-state index contributed by atoms with van der Waals surface area (Å²) in [4.78, 5) is 13.8. The lowest BCUT2D eigenvalue weighted by molar-refractivity contribution is -0.165. The Balaban J connectivity index is 1.80. The van der Waals surface area contributed by atoms with Crippen LogP contribution in [0.4, 0.5) is 0 Å². The number of carbonyl (C=O) groups excluding carboxylic acids is 1. The normalized spacial score (nSPS) is 29.3. The first-order valence-electron chi connectivity index (χ1n) is 6.73. The number of nitrogens with one attached hydrogen (secondary N) is 1. The van der Waals surface area contributed by atoms with Gasteiger partial charge in [0.05, 0.1) is 6.10 Å². The maximum atomic E-state index is 11.8. The smallest absolute Gasteiger partial charge is 0.243 e. The average Bonchev–Trinajstić information content (AvgIpc) is 2.20. The fourth-order valence-corrected chi connectivity index (χ4v) is 3.13. The first-order valence-corrected chi connectivity index (χ1v) is 6.73. The Bertz CT molecular complexity index is 335. The molecule has 1 spiro atoms. The average molecular weight is 252 g/mol. The highest BCUT2D eigenvalue weighted by atomic mass is 16.5. The Hall–Kier alpha value is -0.870. The van der Waals surface area contributed by atoms with Gasteiger partial charge in [-0.1, -0.05) is 12.5 Å². The van der Waals surface area contributed by atoms with Crippen LogP contribution in [0.25, 0.3) is 0 Å². The third kappa shape index (κ3) is 2.45. The van der Waals surface area contributed by atoms with Crippen LogP contribution in [0.1, 0.15) is 25.7 Å². The van der Waals surface area contributed by atoms with Gasteiger partial charge in [0, 0.05) is 31.2 Å². The van der Waals surface area contributed by atoms with Crippen LogP contribution < -0.4 is 5.32 Å². The molecule has 1 N–H and O–H groups in total. The second-order valence-electron chi connectivity index (χ2n) is 5.77. The highest BCUT2D eigenvalue weighted by molar-refractivity contribution is 5.87. The third-order valence-electron chi connectivity index (χ3n) is 4.41. The van der Waals surface area contributed by atoms with E-state index >= 15 is 0 Å². The van der Waals surface area contributed by atoms with Crippen LogP contribution in [0.3, 0.4) is 0 Å². The Morgan fingerprint density at radius 2 is 2.22 bits per heavy atom. The molecule has 2 rings (SSSR count). The molecule has 18 heavy (non-hydrogen) atoms. The van der Waals surface area contributed by atoms with Crippen molar-refractivity contribution in [1.82, 2.24) is 10.2 Å². The summed E-state index contributed by atoms with van der Waals surface area (Å²) in [5.74, 6) is 0.0303. The van der Waals surface area contributed by atoms with Crippen LogP contribution in [0.5, 0.6) is 0 Å². The van der Waals surface area contributed by atoms with E-state index in [-0.39, 0.29) is 11.3 Å². The van der Waals surface area contributed by atoms with E-state index < -0.39 is 0 Å². The minimum Gasteiger partial charge on any atom is -0.381 e. The summed E-state index contributed by atoms with van der Waals surface area (Å²) in [5, 5.41) is 3.12. The van der Waals surface area contributed by atoms with E-state index in [1.807, 2.05) is 25.1 Å². The van der Waals surface area contributed by atoms with E-state index in [2.05, 4.69) is 5.32 Å². The minimum atomic E-state index is 0.0303. The summed E-state index contributed by atoms with van der Waals surface area (Å²) < 4.78 is 5.49. The predicted molar refractivity (Wildman–Crippen MR) is 71.3 cm³/mol. The van der Waals surface area contributed by atoms with Gasteiger partial charge in [-0.15, -0.1) is 0 Å². The van der Waals surface area contributed by atoms with Gasteiger partial charge in [0.1, 0.15) is 0 Å². The largest absolute Gasteiger partial charge is 0.381 e. The second kappa shape index (κ2) is 5.41. The molecule has 2 unspecified atom stereocenters. The zero-order valence-corrected chi connectivity index (χ0v) is 11.6. The van der Waals surface area contributed by atoms with Crippen molar-refractivity contribution in [2.24, 2.45) is 5.41 Å². The SMILES string of the molecule is COC1CC(NC(=O)/C=C/CN(C)C)C12CCC2. The van der Waals surface area contributed by atoms with E-state index in [1.54, 1.807) is 13.2 Å². The van der Waals surface area contributed by atoms with Gasteiger partial charge in [0.2, 0.25) is 5.91 Å². The Morgan fingerprint density at radius 1 is 1.50 bits per heavy atom. The van der Waals surface area contributed by atoms with E-state index in [9.17, 15) is 4.79 Å². The number of carbonyl (C=O) groups is 1. The molecule has 2 fully saturated rings. The van der Waals surface area contributed by atoms with Gasteiger partial charge in [-0.2, -0.15) is 0 Å². The standard InChI is InChI=1S/C14H24N2O2/c1-16(2)9-4-6-13(17)15-11-10-12(18-3)14(11)7-5-8-14/h4,6,11-12H,5,7-10H2,1-3H3,(H,15,17)/b6-4+. The van der Waals surface area contributed by atoms with Crippen molar-refractivity contribution in [3.8, 4) is 0 Å². The molecule has 2 saturated carbocycles. The van der Waals surface area contributed by atoms with Gasteiger partial charge in [-0.25, -0.2) is 0 Å². The van der Waals surface area contributed by atoms with Crippen molar-refractivity contribution in [3.05, 3.63) is 12.2 Å². The summed E-state index contributed by atoms with van der Waals surface area (Å²) in [7, 11) is 5.75. The van der Waals surface area contributed by atoms with Gasteiger partial charge in [-0.05, 0) is 33.4 Å². The summed E-state index contributed by atoms with van der Waals surface area (Å²) in [6, 6.07) is 0.313. The van der Waals surface area contributed by atoms with E-state index in [4.69, 9.17) is 4.74 Å². The molecule has 2 atom stereocenters. The number of hydrogen-bond acceptors (Lipinski definition) is 3. The molecule has 102 valence electrons. The van der Waals surface area contributed by atoms with Crippen molar-refractivity contribution < 1.29 is 9.53 Å². The van der Waals surface area contributed by atoms with Crippen molar-refractivity contribution in [3.63, 3.8) is 0 Å². The van der Waals surface area contributed by atoms with Gasteiger partial charge in [-0.3, -0.25) is 4.79 Å². The fraction of sp³-hybridized carbons (Fsp3) is 0.786. The van der Waals surface area contributed by atoms with E-state index in [0.717, 1.165) is 13.0 Å². The zero-order chi connectivity index (χ0) is 13.2. The predicted octanol–water partition coefficient (Wildman–Crippen LogP) is 1.18. The monoisotopic (exact) mass is 252 g/mol. The lowest BCUT2D eigenvalue weighted by Crippen LogP contribution is -2.67. The second-order valence-corrected chi connectivity index (χ2v) is 5.77. The molecule has 0 aromatic heterocycles. The molecular weight excluding hydrogens is 228 g/mol. The summed E-state index contributed by atoms with van der Waals surface area (Å²) >= 11 is 0. The first kappa shape index (κ1) is 13.6. The van der Waals surface area contributed by atoms with Crippen LogP contribution in [0, 0.1) is 5.41 Å². The maximum Gasteiger partial charge on any atom is 0.243 e. The lowest BCUT2D eigenvalue weighted by Gasteiger charge is -2.60. The summed E-state index contributed by atoms with van der Waals surface area (Å²) in [6.07, 6.45) is 8.51. The van der Waals surface area contributed by atoms with Gasteiger partial charge in [0.25, 0.3) is 0 Å². The van der Waals surface area contributed by atoms with E-state index in [0.29, 0.717) is 12.1 Å². The number of nitrogens with zero attached hydrogens (tertiary/aromatic N) is 1. The number of hydrogen-bond donors (Lipinski definition) is 1. The minimum absolute atomic E-state index is 0.0303. The highest BCUT2D eigenvalue weighted by Gasteiger charge is 2.58. The van der Waals surface area contributed by atoms with Crippen LogP contribution in [-0.4, -0.2) is 50.7 Å². The van der Waals surface area contributed by atoms with Crippen molar-refractivity contribution in [1.29, 1.82) is 0 Å². The number of likely N-dealkylation sites (N-methyl/N-ethyl adjacent to an activating group) is 1. The van der Waals surface area contributed by atoms with Crippen molar-refractivity contribution in [2.45, 2.75) is 37.8 Å². The summed E-state index contributed by atoms with van der Waals surface area (Å²) in [5.41, 5.74) is 0.250. The molecule has 0 saturated heterocycles. The third-order valence-corrected chi connectivity index (χ3v) is 4.41. The number of methoxy groups -OCH3 is 1. The van der Waals surface area contributed by atoms with Crippen molar-refractivity contribution >= 4 is 5.91 Å². The molecule has 0 aromatic carbocycles. The molecule has 0 aromatic rings.